The van der Waals surface area contributed by atoms with Crippen molar-refractivity contribution in [3.8, 4) is 16.9 Å². The molecule has 0 aromatic heterocycles. The van der Waals surface area contributed by atoms with E-state index in [-0.39, 0.29) is 11.3 Å². The molecule has 3 nitrogen and oxygen atoms in total. The molecule has 0 aliphatic heterocycles. The van der Waals surface area contributed by atoms with E-state index < -0.39 is 5.91 Å². The van der Waals surface area contributed by atoms with E-state index in [2.05, 4.69) is 6.07 Å². The van der Waals surface area contributed by atoms with Crippen LogP contribution in [0.1, 0.15) is 21.5 Å². The smallest absolute Gasteiger partial charge is 0.252 e. The highest BCUT2D eigenvalue weighted by Crippen LogP contribution is 2.27. The maximum atomic E-state index is 11.2. The van der Waals surface area contributed by atoms with E-state index in [0.29, 0.717) is 0 Å². The predicted molar refractivity (Wildman–Crippen MR) is 71.5 cm³/mol. The highest BCUT2D eigenvalue weighted by Gasteiger charge is 2.09. The molecule has 3 heteroatoms. The first-order chi connectivity index (χ1) is 8.47. The first kappa shape index (κ1) is 12.2. The van der Waals surface area contributed by atoms with Crippen LogP contribution in [-0.2, 0) is 0 Å². The van der Waals surface area contributed by atoms with Gasteiger partial charge in [0.05, 0.1) is 5.56 Å². The van der Waals surface area contributed by atoms with Crippen LogP contribution >= 0.6 is 0 Å². The molecule has 0 aliphatic rings. The van der Waals surface area contributed by atoms with Crippen molar-refractivity contribution in [2.24, 2.45) is 5.73 Å². The van der Waals surface area contributed by atoms with Crippen LogP contribution in [0.5, 0.6) is 5.75 Å². The van der Waals surface area contributed by atoms with Crippen molar-refractivity contribution < 1.29 is 9.90 Å². The molecule has 0 radical (unpaired) electrons. The number of primary amides is 1. The number of nitrogens with two attached hydrogens (primary N) is 1. The number of amides is 1. The zero-order chi connectivity index (χ0) is 13.3. The summed E-state index contributed by atoms with van der Waals surface area (Å²) in [5.74, 6) is -0.714. The highest BCUT2D eigenvalue weighted by atomic mass is 16.3. The molecule has 2 rings (SSSR count). The standard InChI is InChI=1S/C15H15NO2/c1-9-5-10(2)7-12(6-9)11-3-4-14(17)13(8-11)15(16)18/h3-8,17H,1-2H3,(H2,16,18). The molecule has 0 atom stereocenters. The number of benzene rings is 2. The summed E-state index contributed by atoms with van der Waals surface area (Å²) >= 11 is 0. The largest absolute Gasteiger partial charge is 0.507 e. The summed E-state index contributed by atoms with van der Waals surface area (Å²) in [4.78, 5) is 11.2. The van der Waals surface area contributed by atoms with Gasteiger partial charge in [0.25, 0.3) is 5.91 Å². The molecule has 0 heterocycles. The Labute approximate surface area is 106 Å². The van der Waals surface area contributed by atoms with Crippen LogP contribution in [-0.4, -0.2) is 11.0 Å². The van der Waals surface area contributed by atoms with Crippen LogP contribution in [0.3, 0.4) is 0 Å². The lowest BCUT2D eigenvalue weighted by molar-refractivity contribution is 0.0998. The molecule has 0 saturated carbocycles. The molecule has 3 N–H and O–H groups in total. The normalized spacial score (nSPS) is 10.3. The van der Waals surface area contributed by atoms with Crippen LogP contribution in [0.15, 0.2) is 36.4 Å². The number of phenols is 1. The van der Waals surface area contributed by atoms with Crippen molar-refractivity contribution in [1.82, 2.24) is 0 Å². The number of aromatic hydroxyl groups is 1. The highest BCUT2D eigenvalue weighted by molar-refractivity contribution is 5.96. The van der Waals surface area contributed by atoms with E-state index in [1.807, 2.05) is 26.0 Å². The van der Waals surface area contributed by atoms with Gasteiger partial charge in [0, 0.05) is 0 Å². The molecule has 2 aromatic rings. The topological polar surface area (TPSA) is 63.3 Å². The third-order valence-electron chi connectivity index (χ3n) is 2.82. The lowest BCUT2D eigenvalue weighted by atomic mass is 9.98. The second kappa shape index (κ2) is 4.53. The average molecular weight is 241 g/mol. The molecule has 0 spiro atoms. The van der Waals surface area contributed by atoms with E-state index in [4.69, 9.17) is 5.73 Å². The molecule has 2 aromatic carbocycles. The predicted octanol–water partition coefficient (Wildman–Crippen LogP) is 2.77. The fraction of sp³-hybridized carbons (Fsp3) is 0.133. The Bertz CT molecular complexity index is 598. The minimum Gasteiger partial charge on any atom is -0.507 e. The summed E-state index contributed by atoms with van der Waals surface area (Å²) in [6.07, 6.45) is 0. The number of hydrogen-bond donors (Lipinski definition) is 2. The van der Waals surface area contributed by atoms with E-state index >= 15 is 0 Å². The molecule has 18 heavy (non-hydrogen) atoms. The number of aryl methyl sites for hydroxylation is 2. The summed E-state index contributed by atoms with van der Waals surface area (Å²) in [7, 11) is 0. The Morgan fingerprint density at radius 1 is 1.00 bits per heavy atom. The second-order valence-electron chi connectivity index (χ2n) is 4.47. The number of rotatable bonds is 2. The maximum Gasteiger partial charge on any atom is 0.252 e. The van der Waals surface area contributed by atoms with Crippen LogP contribution in [0.2, 0.25) is 0 Å². The Morgan fingerprint density at radius 2 is 1.61 bits per heavy atom. The summed E-state index contributed by atoms with van der Waals surface area (Å²) < 4.78 is 0. The number of carbonyl (C=O) groups is 1. The van der Waals surface area contributed by atoms with Gasteiger partial charge in [-0.1, -0.05) is 35.4 Å². The van der Waals surface area contributed by atoms with E-state index in [0.717, 1.165) is 22.3 Å². The number of hydrogen-bond acceptors (Lipinski definition) is 2. The zero-order valence-corrected chi connectivity index (χ0v) is 10.4. The lowest BCUT2D eigenvalue weighted by Gasteiger charge is -2.07. The maximum absolute atomic E-state index is 11.2. The Balaban J connectivity index is 2.57. The minimum absolute atomic E-state index is 0.0874. The Kier molecular flexibility index (Phi) is 3.06. The third kappa shape index (κ3) is 2.35. The molecule has 0 unspecified atom stereocenters. The van der Waals surface area contributed by atoms with Gasteiger partial charge in [-0.15, -0.1) is 0 Å². The van der Waals surface area contributed by atoms with Gasteiger partial charge < -0.3 is 10.8 Å². The quantitative estimate of drug-likeness (QED) is 0.849. The van der Waals surface area contributed by atoms with Crippen molar-refractivity contribution in [1.29, 1.82) is 0 Å². The van der Waals surface area contributed by atoms with Crippen molar-refractivity contribution in [3.05, 3.63) is 53.1 Å². The fourth-order valence-electron chi connectivity index (χ4n) is 2.05. The Hall–Kier alpha value is -2.29. The third-order valence-corrected chi connectivity index (χ3v) is 2.82. The van der Waals surface area contributed by atoms with E-state index in [1.165, 1.54) is 6.07 Å². The molecule has 0 aliphatic carbocycles. The van der Waals surface area contributed by atoms with Crippen LogP contribution in [0.25, 0.3) is 11.1 Å². The molecule has 0 fully saturated rings. The van der Waals surface area contributed by atoms with Crippen molar-refractivity contribution in [3.63, 3.8) is 0 Å². The molecule has 0 bridgehead atoms. The van der Waals surface area contributed by atoms with Gasteiger partial charge in [0.15, 0.2) is 0 Å². The fourth-order valence-corrected chi connectivity index (χ4v) is 2.05. The van der Waals surface area contributed by atoms with Gasteiger partial charge in [-0.05, 0) is 37.1 Å². The van der Waals surface area contributed by atoms with Crippen LogP contribution in [0, 0.1) is 13.8 Å². The van der Waals surface area contributed by atoms with E-state index in [1.54, 1.807) is 12.1 Å². The van der Waals surface area contributed by atoms with Gasteiger partial charge >= 0.3 is 0 Å². The van der Waals surface area contributed by atoms with Gasteiger partial charge in [-0.3, -0.25) is 4.79 Å². The van der Waals surface area contributed by atoms with Crippen molar-refractivity contribution in [2.45, 2.75) is 13.8 Å². The average Bonchev–Trinajstić information content (AvgIpc) is 2.27. The summed E-state index contributed by atoms with van der Waals surface area (Å²) in [6, 6.07) is 11.0. The van der Waals surface area contributed by atoms with Crippen LogP contribution in [0.4, 0.5) is 0 Å². The second-order valence-corrected chi connectivity index (χ2v) is 4.47. The van der Waals surface area contributed by atoms with Crippen molar-refractivity contribution in [2.75, 3.05) is 0 Å². The zero-order valence-electron chi connectivity index (χ0n) is 10.4. The minimum atomic E-state index is -0.626. The summed E-state index contributed by atoms with van der Waals surface area (Å²) in [5.41, 5.74) is 9.55. The van der Waals surface area contributed by atoms with Crippen LogP contribution < -0.4 is 5.73 Å². The lowest BCUT2D eigenvalue weighted by Crippen LogP contribution is -2.11. The summed E-state index contributed by atoms with van der Waals surface area (Å²) in [5, 5.41) is 9.56. The molecular weight excluding hydrogens is 226 g/mol. The van der Waals surface area contributed by atoms with E-state index in [9.17, 15) is 9.90 Å². The SMILES string of the molecule is Cc1cc(C)cc(-c2ccc(O)c(C(N)=O)c2)c1. The first-order valence-corrected chi connectivity index (χ1v) is 5.69. The summed E-state index contributed by atoms with van der Waals surface area (Å²) in [6.45, 7) is 4.04. The molecule has 92 valence electrons. The molecular formula is C15H15NO2. The van der Waals surface area contributed by atoms with Gasteiger partial charge in [0.1, 0.15) is 5.75 Å². The van der Waals surface area contributed by atoms with Gasteiger partial charge in [0.2, 0.25) is 0 Å². The van der Waals surface area contributed by atoms with Crippen molar-refractivity contribution >= 4 is 5.91 Å². The van der Waals surface area contributed by atoms with Gasteiger partial charge in [-0.2, -0.15) is 0 Å². The first-order valence-electron chi connectivity index (χ1n) is 5.69. The molecule has 0 saturated heterocycles. The van der Waals surface area contributed by atoms with Gasteiger partial charge in [-0.25, -0.2) is 0 Å². The number of carbonyl (C=O) groups excluding carboxylic acids is 1. The molecule has 1 amide bonds. The monoisotopic (exact) mass is 241 g/mol. The Morgan fingerprint density at radius 3 is 2.17 bits per heavy atom.